The molecule has 0 aliphatic carbocycles. The first-order chi connectivity index (χ1) is 14.5. The van der Waals surface area contributed by atoms with Gasteiger partial charge in [-0.25, -0.2) is 9.18 Å². The SMILES string of the molecule is CC(C)c1ccc(-c2noc([C@H]3CCCN(C(=O)Nc4ccccc4F)C3)n2)cc1. The third-order valence-electron chi connectivity index (χ3n) is 5.45. The number of rotatable bonds is 4. The molecular weight excluding hydrogens is 383 g/mol. The van der Waals surface area contributed by atoms with Crippen LogP contribution in [0, 0.1) is 5.82 Å². The maximum Gasteiger partial charge on any atom is 0.321 e. The Labute approximate surface area is 175 Å². The Bertz CT molecular complexity index is 1020. The molecule has 4 rings (SSSR count). The Morgan fingerprint density at radius 1 is 1.20 bits per heavy atom. The van der Waals surface area contributed by atoms with Crippen LogP contribution in [-0.2, 0) is 0 Å². The molecule has 1 aliphatic heterocycles. The zero-order chi connectivity index (χ0) is 21.1. The molecule has 0 bridgehead atoms. The van der Waals surface area contributed by atoms with Crippen LogP contribution in [0.1, 0.15) is 50.0 Å². The van der Waals surface area contributed by atoms with Gasteiger partial charge in [-0.2, -0.15) is 4.98 Å². The Morgan fingerprint density at radius 2 is 1.97 bits per heavy atom. The Morgan fingerprint density at radius 3 is 2.70 bits per heavy atom. The molecular formula is C23H25FN4O2. The molecule has 0 radical (unpaired) electrons. The lowest BCUT2D eigenvalue weighted by Gasteiger charge is -2.31. The van der Waals surface area contributed by atoms with E-state index < -0.39 is 5.82 Å². The van der Waals surface area contributed by atoms with Crippen LogP contribution in [0.3, 0.4) is 0 Å². The minimum absolute atomic E-state index is 0.0405. The summed E-state index contributed by atoms with van der Waals surface area (Å²) in [5.41, 5.74) is 2.33. The number of benzene rings is 2. The summed E-state index contributed by atoms with van der Waals surface area (Å²) in [6, 6.07) is 14.0. The Hall–Kier alpha value is -3.22. The first-order valence-electron chi connectivity index (χ1n) is 10.3. The van der Waals surface area contributed by atoms with E-state index in [9.17, 15) is 9.18 Å². The first-order valence-corrected chi connectivity index (χ1v) is 10.3. The minimum Gasteiger partial charge on any atom is -0.339 e. The predicted octanol–water partition coefficient (Wildman–Crippen LogP) is 5.41. The third kappa shape index (κ3) is 4.35. The van der Waals surface area contributed by atoms with Crippen LogP contribution in [0.4, 0.5) is 14.9 Å². The average molecular weight is 408 g/mol. The van der Waals surface area contributed by atoms with Crippen LogP contribution < -0.4 is 5.32 Å². The number of hydrogen-bond donors (Lipinski definition) is 1. The number of piperidine rings is 1. The van der Waals surface area contributed by atoms with Gasteiger partial charge in [0.05, 0.1) is 11.6 Å². The molecule has 1 saturated heterocycles. The van der Waals surface area contributed by atoms with Gasteiger partial charge < -0.3 is 14.7 Å². The van der Waals surface area contributed by atoms with Crippen LogP contribution >= 0.6 is 0 Å². The second kappa shape index (κ2) is 8.65. The van der Waals surface area contributed by atoms with Gasteiger partial charge in [0.2, 0.25) is 11.7 Å². The topological polar surface area (TPSA) is 71.3 Å². The maximum absolute atomic E-state index is 13.8. The van der Waals surface area contributed by atoms with Gasteiger partial charge in [0.25, 0.3) is 0 Å². The molecule has 1 atom stereocenters. The fourth-order valence-corrected chi connectivity index (χ4v) is 3.66. The van der Waals surface area contributed by atoms with E-state index >= 15 is 0 Å². The van der Waals surface area contributed by atoms with Crippen molar-refractivity contribution >= 4 is 11.7 Å². The van der Waals surface area contributed by atoms with E-state index in [1.54, 1.807) is 23.1 Å². The van der Waals surface area contributed by atoms with Crippen LogP contribution in [0.5, 0.6) is 0 Å². The number of halogens is 1. The van der Waals surface area contributed by atoms with E-state index in [4.69, 9.17) is 4.52 Å². The van der Waals surface area contributed by atoms with Crippen molar-refractivity contribution in [3.63, 3.8) is 0 Å². The highest BCUT2D eigenvalue weighted by atomic mass is 19.1. The molecule has 0 saturated carbocycles. The molecule has 7 heteroatoms. The number of hydrogen-bond acceptors (Lipinski definition) is 4. The molecule has 1 fully saturated rings. The zero-order valence-corrected chi connectivity index (χ0v) is 17.1. The smallest absolute Gasteiger partial charge is 0.321 e. The summed E-state index contributed by atoms with van der Waals surface area (Å²) < 4.78 is 19.3. The van der Waals surface area contributed by atoms with E-state index in [0.29, 0.717) is 30.7 Å². The number of nitrogens with one attached hydrogen (secondary N) is 1. The van der Waals surface area contributed by atoms with Crippen LogP contribution in [-0.4, -0.2) is 34.2 Å². The third-order valence-corrected chi connectivity index (χ3v) is 5.45. The Kier molecular flexibility index (Phi) is 5.79. The summed E-state index contributed by atoms with van der Waals surface area (Å²) in [5, 5.41) is 6.77. The molecule has 1 aliphatic rings. The molecule has 2 aromatic carbocycles. The van der Waals surface area contributed by atoms with Gasteiger partial charge in [-0.15, -0.1) is 0 Å². The highest BCUT2D eigenvalue weighted by molar-refractivity contribution is 5.89. The summed E-state index contributed by atoms with van der Waals surface area (Å²) in [6.45, 7) is 5.36. The van der Waals surface area contributed by atoms with Crippen molar-refractivity contribution in [2.45, 2.75) is 38.5 Å². The van der Waals surface area contributed by atoms with Crippen molar-refractivity contribution in [2.24, 2.45) is 0 Å². The second-order valence-corrected chi connectivity index (χ2v) is 7.93. The lowest BCUT2D eigenvalue weighted by atomic mass is 9.98. The molecule has 3 aromatic rings. The fourth-order valence-electron chi connectivity index (χ4n) is 3.66. The molecule has 30 heavy (non-hydrogen) atoms. The van der Waals surface area contributed by atoms with E-state index in [1.807, 2.05) is 12.1 Å². The molecule has 156 valence electrons. The van der Waals surface area contributed by atoms with Crippen LogP contribution in [0.25, 0.3) is 11.4 Å². The van der Waals surface area contributed by atoms with Gasteiger partial charge in [0.15, 0.2) is 0 Å². The van der Waals surface area contributed by atoms with Gasteiger partial charge in [0.1, 0.15) is 5.82 Å². The van der Waals surface area contributed by atoms with Crippen molar-refractivity contribution in [2.75, 3.05) is 18.4 Å². The number of likely N-dealkylation sites (tertiary alicyclic amines) is 1. The number of anilines is 1. The van der Waals surface area contributed by atoms with Gasteiger partial charge in [-0.05, 0) is 36.5 Å². The molecule has 1 N–H and O–H groups in total. The van der Waals surface area contributed by atoms with E-state index in [-0.39, 0.29) is 17.6 Å². The van der Waals surface area contributed by atoms with Gasteiger partial charge in [-0.1, -0.05) is 55.4 Å². The monoisotopic (exact) mass is 408 g/mol. The summed E-state index contributed by atoms with van der Waals surface area (Å²) in [6.07, 6.45) is 1.67. The number of aromatic nitrogens is 2. The molecule has 2 amide bonds. The minimum atomic E-state index is -0.454. The van der Waals surface area contributed by atoms with Crippen LogP contribution in [0.2, 0.25) is 0 Å². The highest BCUT2D eigenvalue weighted by Crippen LogP contribution is 2.28. The van der Waals surface area contributed by atoms with Crippen molar-refractivity contribution < 1.29 is 13.7 Å². The summed E-state index contributed by atoms with van der Waals surface area (Å²) in [5.74, 6) is 1.05. The number of nitrogens with zero attached hydrogens (tertiary/aromatic N) is 3. The summed E-state index contributed by atoms with van der Waals surface area (Å²) in [7, 11) is 0. The number of para-hydroxylation sites is 1. The standard InChI is InChI=1S/C23H25FN4O2/c1-15(2)16-9-11-17(12-10-16)21-26-22(30-27-21)18-6-5-13-28(14-18)23(29)25-20-8-4-3-7-19(20)24/h3-4,7-12,15,18H,5-6,13-14H2,1-2H3,(H,25,29)/t18-/m0/s1. The molecule has 0 unspecified atom stereocenters. The molecule has 6 nitrogen and oxygen atoms in total. The summed E-state index contributed by atoms with van der Waals surface area (Å²) >= 11 is 0. The fraction of sp³-hybridized carbons (Fsp3) is 0.348. The van der Waals surface area contributed by atoms with Gasteiger partial charge in [0, 0.05) is 18.7 Å². The van der Waals surface area contributed by atoms with E-state index in [2.05, 4.69) is 41.4 Å². The maximum atomic E-state index is 13.8. The quantitative estimate of drug-likeness (QED) is 0.626. The van der Waals surface area contributed by atoms with E-state index in [0.717, 1.165) is 18.4 Å². The number of amides is 2. The van der Waals surface area contributed by atoms with Crippen LogP contribution in [0.15, 0.2) is 53.1 Å². The number of urea groups is 1. The lowest BCUT2D eigenvalue weighted by molar-refractivity contribution is 0.184. The largest absolute Gasteiger partial charge is 0.339 e. The molecule has 2 heterocycles. The summed E-state index contributed by atoms with van der Waals surface area (Å²) in [4.78, 5) is 18.8. The molecule has 1 aromatic heterocycles. The van der Waals surface area contributed by atoms with Gasteiger partial charge in [-0.3, -0.25) is 0 Å². The van der Waals surface area contributed by atoms with Crippen molar-refractivity contribution in [1.29, 1.82) is 0 Å². The number of carbonyl (C=O) groups excluding carboxylic acids is 1. The average Bonchev–Trinajstić information content (AvgIpc) is 3.26. The van der Waals surface area contributed by atoms with Crippen molar-refractivity contribution in [3.05, 3.63) is 65.8 Å². The first kappa shape index (κ1) is 20.1. The normalized spacial score (nSPS) is 16.7. The lowest BCUT2D eigenvalue weighted by Crippen LogP contribution is -2.41. The second-order valence-electron chi connectivity index (χ2n) is 7.93. The predicted molar refractivity (Wildman–Crippen MR) is 113 cm³/mol. The Balaban J connectivity index is 1.43. The van der Waals surface area contributed by atoms with Gasteiger partial charge >= 0.3 is 6.03 Å². The highest BCUT2D eigenvalue weighted by Gasteiger charge is 2.29. The van der Waals surface area contributed by atoms with Crippen molar-refractivity contribution in [1.82, 2.24) is 15.0 Å². The molecule has 0 spiro atoms. The number of carbonyl (C=O) groups is 1. The van der Waals surface area contributed by atoms with E-state index in [1.165, 1.54) is 11.6 Å². The van der Waals surface area contributed by atoms with Crippen molar-refractivity contribution in [3.8, 4) is 11.4 Å². The zero-order valence-electron chi connectivity index (χ0n) is 17.1.